The first kappa shape index (κ1) is 100. The lowest BCUT2D eigenvalue weighted by Gasteiger charge is -2.48. The van der Waals surface area contributed by atoms with Crippen molar-refractivity contribution < 1.29 is 161 Å². The summed E-state index contributed by atoms with van der Waals surface area (Å²) in [5.41, 5.74) is 1.30. The van der Waals surface area contributed by atoms with Crippen LogP contribution in [-0.4, -0.2) is 262 Å². The van der Waals surface area contributed by atoms with Gasteiger partial charge in [0.2, 0.25) is 53.4 Å². The topological polar surface area (TPSA) is 628 Å². The van der Waals surface area contributed by atoms with Crippen molar-refractivity contribution in [3.8, 4) is 68.2 Å². The van der Waals surface area contributed by atoms with Gasteiger partial charge in [-0.2, -0.15) is 13.2 Å². The van der Waals surface area contributed by atoms with Crippen molar-refractivity contribution in [1.82, 2.24) is 47.9 Å². The van der Waals surface area contributed by atoms with Crippen molar-refractivity contribution in [1.29, 1.82) is 0 Å². The van der Waals surface area contributed by atoms with Crippen molar-refractivity contribution in [2.75, 3.05) is 33.4 Å². The molecule has 8 aliphatic rings. The number of likely N-dealkylation sites (N-methyl/N-ethyl adjacent to an activating group) is 1. The van der Waals surface area contributed by atoms with E-state index in [1.54, 1.807) is 45.0 Å². The van der Waals surface area contributed by atoms with Gasteiger partial charge >= 0.3 is 12.1 Å². The zero-order chi connectivity index (χ0) is 97.1. The van der Waals surface area contributed by atoms with Crippen LogP contribution < -0.4 is 67.8 Å². The Morgan fingerprint density at radius 2 is 1.22 bits per heavy atom. The average molecular weight is 1920 g/mol. The van der Waals surface area contributed by atoms with E-state index in [0.717, 1.165) is 78.9 Å². The number of aromatic hydroxyl groups is 3. The Labute approximate surface area is 771 Å². The number of carboxylic acid groups (broad SMARTS) is 1. The monoisotopic (exact) mass is 1920 g/mol. The number of hydrogen-bond donors (Lipinski definition) is 24. The van der Waals surface area contributed by atoms with Gasteiger partial charge in [-0.25, -0.2) is 4.79 Å². The third kappa shape index (κ3) is 22.0. The van der Waals surface area contributed by atoms with E-state index in [4.69, 9.17) is 66.8 Å². The summed E-state index contributed by atoms with van der Waals surface area (Å²) in [5, 5.41) is 183. The van der Waals surface area contributed by atoms with Crippen LogP contribution in [0.1, 0.15) is 122 Å². The molecule has 15 rings (SSSR count). The Hall–Kier alpha value is -11.3. The van der Waals surface area contributed by atoms with Crippen LogP contribution in [0.25, 0.3) is 22.3 Å². The van der Waals surface area contributed by atoms with E-state index >= 15 is 24.0 Å². The molecule has 3 saturated heterocycles. The molecular formula is C89H101Cl2F3N10O30. The molecule has 45 heteroatoms. The summed E-state index contributed by atoms with van der Waals surface area (Å²) >= 11 is 14.4. The van der Waals surface area contributed by atoms with E-state index in [9.17, 15) is 99.0 Å². The second-order valence-electron chi connectivity index (χ2n) is 33.8. The van der Waals surface area contributed by atoms with Gasteiger partial charge in [-0.3, -0.25) is 33.6 Å². The number of ether oxygens (including phenoxy) is 8. The molecular weight excluding hydrogens is 1820 g/mol. The van der Waals surface area contributed by atoms with Gasteiger partial charge in [0.25, 0.3) is 0 Å². The number of hydrogen-bond acceptors (Lipinski definition) is 32. The molecule has 0 spiro atoms. The van der Waals surface area contributed by atoms with Gasteiger partial charge in [0.05, 0.1) is 65.7 Å². The minimum Gasteiger partial charge on any atom is -0.507 e. The van der Waals surface area contributed by atoms with E-state index in [-0.39, 0.29) is 49.6 Å². The summed E-state index contributed by atoms with van der Waals surface area (Å²) < 4.78 is 90.8. The predicted molar refractivity (Wildman–Crippen MR) is 460 cm³/mol. The number of nitrogens with one attached hydrogen (secondary N) is 9. The summed E-state index contributed by atoms with van der Waals surface area (Å²) in [7, 11) is 1.45. The molecule has 8 aliphatic heterocycles. The largest absolute Gasteiger partial charge is 0.507 e. The molecule has 23 atom stereocenters. The Kier molecular flexibility index (Phi) is 31.4. The molecule has 7 amide bonds. The fourth-order valence-electron chi connectivity index (χ4n) is 16.5. The third-order valence-corrected chi connectivity index (χ3v) is 24.5. The third-order valence-electron chi connectivity index (χ3n) is 23.9. The van der Waals surface area contributed by atoms with Crippen molar-refractivity contribution in [3.63, 3.8) is 0 Å². The smallest absolute Gasteiger partial charge is 0.416 e. The molecule has 8 heterocycles. The standard InChI is InChI=1S/C89H101Cl2F3N10O30/c1-35(2)22-50(96-5)79(119)103-66-68(110)41-13-18-54(48(90)24-41)129-56-26-43-27-57(76(56)134-87-77(74(116)72(114)59(34-106)132-87)133-61-30-88(4,78(118)36(3)128-61)98-31-37-6-8-38(9-7-37)39-10-15-44(16-11-39)89(92,93)94)130-55-19-14-42(25-49(55)91)69(111)67-84(124)102-65(85(125)126)46-28-53(108)47(32-97-20-21-127-86-75(117)73(115)71(113)58(33-105)131-86)70(112)62(46)45-23-40(12-17-52(45)107)63(81(121)104-67)101-82(122)64(43)100-80(120)51(29-60(95)109)99-83(66)123/h6-19,23-28,35-36,50-51,58-59,61,63-69,71-75,77-78,86-87,96-98,105-108,110-118H,20-22,29-34H2,1-5H3,(H2,95,109)(H,99,123)(H,100,120)(H,101,122)(H,102,124)(H,103,119)(H,104,121)(H,125,126)/t36-,50+,51-,58+,59+,61-,63+,64+,65-,66+,67-,68+,69+,71-,72+,73-,74-,75+,77+,78+,86+,87-,88-/m0/s1. The van der Waals surface area contributed by atoms with Gasteiger partial charge in [-0.1, -0.05) is 91.6 Å². The van der Waals surface area contributed by atoms with Crippen LogP contribution in [0.5, 0.6) is 46.0 Å². The fourth-order valence-corrected chi connectivity index (χ4v) is 17.0. The number of phenols is 3. The highest BCUT2D eigenvalue weighted by Crippen LogP contribution is 2.51. The van der Waals surface area contributed by atoms with Crippen LogP contribution in [0.3, 0.4) is 0 Å². The number of aliphatic hydroxyl groups is 10. The number of aliphatic carboxylic acids is 1. The highest BCUT2D eigenvalue weighted by molar-refractivity contribution is 6.32. The molecule has 7 aromatic carbocycles. The Balaban J connectivity index is 0.953. The van der Waals surface area contributed by atoms with Crippen LogP contribution >= 0.6 is 23.2 Å². The number of halogens is 5. The normalized spacial score (nSPS) is 28.7. The van der Waals surface area contributed by atoms with Gasteiger partial charge in [-0.05, 0) is 139 Å². The lowest BCUT2D eigenvalue weighted by Crippen LogP contribution is -2.65. The van der Waals surface area contributed by atoms with Crippen LogP contribution in [0, 0.1) is 5.92 Å². The minimum absolute atomic E-state index is 0.0496. The van der Waals surface area contributed by atoms with Crippen LogP contribution in [0.4, 0.5) is 13.2 Å². The number of amides is 7. The number of alkyl halides is 3. The molecule has 0 unspecified atom stereocenters. The maximum atomic E-state index is 16.5. The van der Waals surface area contributed by atoms with Crippen molar-refractivity contribution in [2.45, 2.75) is 206 Å². The zero-order valence-electron chi connectivity index (χ0n) is 72.0. The van der Waals surface area contributed by atoms with Crippen molar-refractivity contribution >= 4 is 70.5 Å². The molecule has 134 heavy (non-hydrogen) atoms. The van der Waals surface area contributed by atoms with Gasteiger partial charge in [-0.15, -0.1) is 0 Å². The molecule has 0 radical (unpaired) electrons. The summed E-state index contributed by atoms with van der Waals surface area (Å²) in [6.45, 7) is 3.72. The first-order valence-electron chi connectivity index (χ1n) is 42.3. The van der Waals surface area contributed by atoms with E-state index < -0.39 is 315 Å². The van der Waals surface area contributed by atoms with E-state index in [1.807, 2.05) is 0 Å². The van der Waals surface area contributed by atoms with Gasteiger partial charge in [0, 0.05) is 48.3 Å². The van der Waals surface area contributed by atoms with Crippen molar-refractivity contribution in [2.24, 2.45) is 11.7 Å². The van der Waals surface area contributed by atoms with Crippen LogP contribution in [0.15, 0.2) is 121 Å². The number of carbonyl (C=O) groups is 8. The number of aliphatic hydroxyl groups excluding tert-OH is 10. The number of carbonyl (C=O) groups excluding carboxylic acids is 7. The number of rotatable bonds is 24. The summed E-state index contributed by atoms with van der Waals surface area (Å²) in [5.74, 6) is -17.4. The zero-order valence-corrected chi connectivity index (χ0v) is 73.5. The Bertz CT molecular complexity index is 5520. The number of primary amides is 1. The number of nitrogens with two attached hydrogens (primary N) is 1. The molecule has 11 bridgehead atoms. The molecule has 25 N–H and O–H groups in total. The first-order chi connectivity index (χ1) is 63.5. The average Bonchev–Trinajstić information content (AvgIpc) is 0.754. The SMILES string of the molecule is CN[C@H](CC(C)C)C(=O)N[C@H]1C(=O)N[C@@H](CC(N)=O)C(=O)N[C@H]2C(=O)N[C@H]3C(=O)N[C@H](C(=O)N[C@H](C(=O)O)c4cc(O)c(CNCCO[C@@H]5O[C@H](CO)[C@H](O)[C@H](O)[C@H]5O)c(O)c4-c4cc3ccc4O)[C@H](O)c3ccc(c(Cl)c3)Oc3cc2cc(c3O[C@@H]2O[C@H](CO)[C@@H](O)[C@H](O)[C@H]2O[C@H]2C[C@](C)(NCc3ccc(-c4ccc(C(F)(F)F)cc4)cc3)[C@H](O)[C@H](C)O2)Oc2ccc(cc2Cl)[C@H]1O. The number of phenolic OH excluding ortho intramolecular Hbond substituents is 3. The molecule has 0 aliphatic carbocycles. The maximum absolute atomic E-state index is 16.5. The van der Waals surface area contributed by atoms with Gasteiger partial charge < -0.3 is 163 Å². The lowest BCUT2D eigenvalue weighted by atomic mass is 9.84. The summed E-state index contributed by atoms with van der Waals surface area (Å²) in [6, 6.07) is 8.56. The minimum atomic E-state index is -4.56. The van der Waals surface area contributed by atoms with Gasteiger partial charge in [0.15, 0.2) is 36.2 Å². The molecule has 0 saturated carbocycles. The highest BCUT2D eigenvalue weighted by atomic mass is 35.5. The number of fused-ring (bicyclic) bond motifs is 15. The van der Waals surface area contributed by atoms with E-state index in [2.05, 4.69) is 47.9 Å². The lowest BCUT2D eigenvalue weighted by molar-refractivity contribution is -0.334. The molecule has 7 aromatic rings. The van der Waals surface area contributed by atoms with Crippen LogP contribution in [0.2, 0.25) is 10.0 Å². The molecule has 3 fully saturated rings. The number of benzene rings is 7. The summed E-state index contributed by atoms with van der Waals surface area (Å²) in [6.07, 6.45) is -32.7. The second-order valence-corrected chi connectivity index (χ2v) is 34.6. The predicted octanol–water partition coefficient (Wildman–Crippen LogP) is 1.53. The molecule has 722 valence electrons. The Morgan fingerprint density at radius 1 is 0.634 bits per heavy atom. The fraction of sp³-hybridized carbons (Fsp3) is 0.438. The Morgan fingerprint density at radius 3 is 1.81 bits per heavy atom. The van der Waals surface area contributed by atoms with Gasteiger partial charge in [0.1, 0.15) is 114 Å². The van der Waals surface area contributed by atoms with Crippen LogP contribution in [-0.2, 0) is 81.3 Å². The van der Waals surface area contributed by atoms with E-state index in [1.165, 1.54) is 32.2 Å². The quantitative estimate of drug-likeness (QED) is 0.0381. The molecule has 40 nitrogen and oxygen atoms in total. The second kappa shape index (κ2) is 41.9. The van der Waals surface area contributed by atoms with Crippen molar-refractivity contribution in [3.05, 3.63) is 176 Å². The summed E-state index contributed by atoms with van der Waals surface area (Å²) in [4.78, 5) is 120. The number of carboxylic acids is 1. The first-order valence-corrected chi connectivity index (χ1v) is 43.1. The molecule has 0 aromatic heterocycles. The van der Waals surface area contributed by atoms with E-state index in [0.29, 0.717) is 16.7 Å². The highest BCUT2D eigenvalue weighted by Gasteiger charge is 2.53. The maximum Gasteiger partial charge on any atom is 0.416 e.